The van der Waals surface area contributed by atoms with Gasteiger partial charge in [0, 0.05) is 0 Å². The van der Waals surface area contributed by atoms with Crippen molar-refractivity contribution in [1.29, 1.82) is 0 Å². The van der Waals surface area contributed by atoms with Crippen LogP contribution < -0.4 is 0 Å². The zero-order valence-electron chi connectivity index (χ0n) is 8.86. The van der Waals surface area contributed by atoms with Crippen molar-refractivity contribution in [3.05, 3.63) is 41.0 Å². The molecule has 0 fully saturated rings. The third-order valence-corrected chi connectivity index (χ3v) is 2.10. The molecular weight excluding hydrogens is 192 g/mol. The lowest BCUT2D eigenvalue weighted by Crippen LogP contribution is -2.01. The van der Waals surface area contributed by atoms with Crippen LogP contribution in [0.2, 0.25) is 0 Å². The van der Waals surface area contributed by atoms with Crippen LogP contribution in [0.5, 0.6) is 0 Å². The molecule has 1 aromatic carbocycles. The second-order valence-corrected chi connectivity index (χ2v) is 3.15. The zero-order chi connectivity index (χ0) is 11.3. The molecule has 15 heavy (non-hydrogen) atoms. The van der Waals surface area contributed by atoms with Gasteiger partial charge in [0.25, 0.3) is 0 Å². The van der Waals surface area contributed by atoms with Crippen LogP contribution in [0.25, 0.3) is 6.08 Å². The number of carbonyl (C=O) groups excluding carboxylic acids is 1. The topological polar surface area (TPSA) is 46.5 Å². The van der Waals surface area contributed by atoms with Gasteiger partial charge in [0.2, 0.25) is 0 Å². The number of aliphatic hydroxyl groups is 1. The van der Waals surface area contributed by atoms with Gasteiger partial charge in [-0.2, -0.15) is 0 Å². The van der Waals surface area contributed by atoms with E-state index in [1.807, 2.05) is 13.0 Å². The molecule has 0 saturated carbocycles. The maximum absolute atomic E-state index is 11.3. The summed E-state index contributed by atoms with van der Waals surface area (Å²) in [6.07, 6.45) is 3.41. The average molecular weight is 206 g/mol. The lowest BCUT2D eigenvalue weighted by Gasteiger charge is -2.03. The monoisotopic (exact) mass is 206 g/mol. The normalized spacial score (nSPS) is 10.6. The van der Waals surface area contributed by atoms with Crippen molar-refractivity contribution in [2.24, 2.45) is 0 Å². The van der Waals surface area contributed by atoms with Crippen LogP contribution in [0.4, 0.5) is 0 Å². The summed E-state index contributed by atoms with van der Waals surface area (Å²) >= 11 is 0. The Bertz CT molecular complexity index is 380. The summed E-state index contributed by atoms with van der Waals surface area (Å²) < 4.78 is 4.62. The van der Waals surface area contributed by atoms with E-state index in [0.29, 0.717) is 5.56 Å². The highest BCUT2D eigenvalue weighted by molar-refractivity contribution is 5.90. The number of ether oxygens (including phenoxy) is 1. The Balaban J connectivity index is 3.05. The summed E-state index contributed by atoms with van der Waals surface area (Å²) in [4.78, 5) is 11.3. The molecule has 1 aromatic rings. The molecule has 0 heterocycles. The first-order valence-corrected chi connectivity index (χ1v) is 4.65. The molecule has 0 bridgehead atoms. The number of carbonyl (C=O) groups is 1. The fourth-order valence-corrected chi connectivity index (χ4v) is 1.24. The molecule has 0 atom stereocenters. The second-order valence-electron chi connectivity index (χ2n) is 3.15. The van der Waals surface area contributed by atoms with E-state index >= 15 is 0 Å². The number of aryl methyl sites for hydroxylation is 1. The molecule has 0 aliphatic carbocycles. The molecule has 0 aliphatic heterocycles. The molecule has 3 heteroatoms. The Labute approximate surface area is 89.0 Å². The molecule has 0 unspecified atom stereocenters. The Kier molecular flexibility index (Phi) is 4.06. The van der Waals surface area contributed by atoms with Crippen molar-refractivity contribution in [2.45, 2.75) is 6.92 Å². The van der Waals surface area contributed by atoms with E-state index in [2.05, 4.69) is 4.74 Å². The minimum absolute atomic E-state index is 0.0120. The number of rotatable bonds is 3. The lowest BCUT2D eigenvalue weighted by molar-refractivity contribution is 0.0600. The van der Waals surface area contributed by atoms with Gasteiger partial charge < -0.3 is 9.84 Å². The average Bonchev–Trinajstić information content (AvgIpc) is 2.27. The first-order chi connectivity index (χ1) is 7.19. The number of methoxy groups -OCH3 is 1. The summed E-state index contributed by atoms with van der Waals surface area (Å²) in [5.74, 6) is -0.353. The fraction of sp³-hybridized carbons (Fsp3) is 0.250. The van der Waals surface area contributed by atoms with Crippen molar-refractivity contribution in [3.8, 4) is 0 Å². The summed E-state index contributed by atoms with van der Waals surface area (Å²) in [7, 11) is 1.35. The summed E-state index contributed by atoms with van der Waals surface area (Å²) in [6, 6.07) is 5.31. The van der Waals surface area contributed by atoms with Crippen LogP contribution in [0.15, 0.2) is 24.3 Å². The molecular formula is C12H14O3. The smallest absolute Gasteiger partial charge is 0.337 e. The van der Waals surface area contributed by atoms with E-state index in [0.717, 1.165) is 11.1 Å². The van der Waals surface area contributed by atoms with E-state index < -0.39 is 0 Å². The van der Waals surface area contributed by atoms with Crippen molar-refractivity contribution in [2.75, 3.05) is 13.7 Å². The van der Waals surface area contributed by atoms with Gasteiger partial charge in [0.05, 0.1) is 19.3 Å². The van der Waals surface area contributed by atoms with Crippen molar-refractivity contribution >= 4 is 12.0 Å². The van der Waals surface area contributed by atoms with Crippen molar-refractivity contribution < 1.29 is 14.6 Å². The molecule has 80 valence electrons. The van der Waals surface area contributed by atoms with Gasteiger partial charge in [0.1, 0.15) is 0 Å². The molecule has 3 nitrogen and oxygen atoms in total. The predicted octanol–water partition coefficient (Wildman–Crippen LogP) is 1.79. The van der Waals surface area contributed by atoms with E-state index in [1.165, 1.54) is 7.11 Å². The van der Waals surface area contributed by atoms with E-state index in [4.69, 9.17) is 5.11 Å². The standard InChI is InChI=1S/C12H14O3/c1-9-5-6-11(12(14)15-2)8-10(9)4-3-7-13/h3-6,8,13H,7H2,1-2H3. The van der Waals surface area contributed by atoms with E-state index in [9.17, 15) is 4.79 Å². The number of hydrogen-bond donors (Lipinski definition) is 1. The minimum Gasteiger partial charge on any atom is -0.465 e. The number of aliphatic hydroxyl groups excluding tert-OH is 1. The van der Waals surface area contributed by atoms with Gasteiger partial charge in [0.15, 0.2) is 0 Å². The maximum Gasteiger partial charge on any atom is 0.337 e. The largest absolute Gasteiger partial charge is 0.465 e. The summed E-state index contributed by atoms with van der Waals surface area (Å²) in [6.45, 7) is 1.93. The molecule has 0 spiro atoms. The van der Waals surface area contributed by atoms with Crippen LogP contribution in [-0.2, 0) is 4.74 Å². The van der Waals surface area contributed by atoms with Crippen molar-refractivity contribution in [1.82, 2.24) is 0 Å². The van der Waals surface area contributed by atoms with Gasteiger partial charge in [-0.1, -0.05) is 18.2 Å². The Hall–Kier alpha value is -1.61. The van der Waals surface area contributed by atoms with Gasteiger partial charge in [-0.25, -0.2) is 4.79 Å². The SMILES string of the molecule is COC(=O)c1ccc(C)c(C=CCO)c1. The molecule has 0 saturated heterocycles. The number of benzene rings is 1. The molecule has 0 radical (unpaired) electrons. The Morgan fingerprint density at radius 1 is 1.53 bits per heavy atom. The number of hydrogen-bond acceptors (Lipinski definition) is 3. The molecule has 0 aliphatic rings. The Morgan fingerprint density at radius 3 is 2.87 bits per heavy atom. The quantitative estimate of drug-likeness (QED) is 0.767. The second kappa shape index (κ2) is 5.32. The van der Waals surface area contributed by atoms with E-state index in [-0.39, 0.29) is 12.6 Å². The summed E-state index contributed by atoms with van der Waals surface area (Å²) in [5, 5.41) is 8.66. The first-order valence-electron chi connectivity index (χ1n) is 4.65. The number of esters is 1. The summed E-state index contributed by atoms with van der Waals surface area (Å²) in [5.41, 5.74) is 2.47. The zero-order valence-corrected chi connectivity index (χ0v) is 8.86. The van der Waals surface area contributed by atoms with Crippen LogP contribution in [0.1, 0.15) is 21.5 Å². The Morgan fingerprint density at radius 2 is 2.27 bits per heavy atom. The maximum atomic E-state index is 11.3. The minimum atomic E-state index is -0.353. The van der Waals surface area contributed by atoms with Crippen LogP contribution in [0, 0.1) is 6.92 Å². The van der Waals surface area contributed by atoms with Gasteiger partial charge >= 0.3 is 5.97 Å². The first kappa shape index (κ1) is 11.5. The lowest BCUT2D eigenvalue weighted by atomic mass is 10.0. The third kappa shape index (κ3) is 2.92. The van der Waals surface area contributed by atoms with Crippen molar-refractivity contribution in [3.63, 3.8) is 0 Å². The van der Waals surface area contributed by atoms with Gasteiger partial charge in [-0.3, -0.25) is 0 Å². The fourth-order valence-electron chi connectivity index (χ4n) is 1.24. The molecule has 1 rings (SSSR count). The van der Waals surface area contributed by atoms with Crippen LogP contribution in [-0.4, -0.2) is 24.8 Å². The highest BCUT2D eigenvalue weighted by Crippen LogP contribution is 2.13. The van der Waals surface area contributed by atoms with Crippen LogP contribution in [0.3, 0.4) is 0 Å². The van der Waals surface area contributed by atoms with Gasteiger partial charge in [-0.05, 0) is 30.2 Å². The molecule has 1 N–H and O–H groups in total. The third-order valence-electron chi connectivity index (χ3n) is 2.10. The highest BCUT2D eigenvalue weighted by atomic mass is 16.5. The predicted molar refractivity (Wildman–Crippen MR) is 58.6 cm³/mol. The molecule has 0 amide bonds. The van der Waals surface area contributed by atoms with Gasteiger partial charge in [-0.15, -0.1) is 0 Å². The van der Waals surface area contributed by atoms with Crippen LogP contribution >= 0.6 is 0 Å². The van der Waals surface area contributed by atoms with E-state index in [1.54, 1.807) is 24.3 Å². The highest BCUT2D eigenvalue weighted by Gasteiger charge is 2.05. The molecule has 0 aromatic heterocycles.